The van der Waals surface area contributed by atoms with Crippen molar-refractivity contribution in [3.05, 3.63) is 30.0 Å². The highest BCUT2D eigenvalue weighted by Gasteiger charge is 2.04. The standard InChI is InChI=1S/C10H10N2O2/c1-7(13)14-6-10-8-4-2-3-5-9(8)11-12-10/h2-5H,6H2,1H3,(H,11,12). The minimum absolute atomic E-state index is 0.246. The van der Waals surface area contributed by atoms with Gasteiger partial charge in [-0.05, 0) is 6.07 Å². The second kappa shape index (κ2) is 3.49. The molecule has 4 heteroatoms. The molecule has 0 radical (unpaired) electrons. The van der Waals surface area contributed by atoms with E-state index in [1.54, 1.807) is 0 Å². The lowest BCUT2D eigenvalue weighted by atomic mass is 10.2. The van der Waals surface area contributed by atoms with Crippen LogP contribution in [0.3, 0.4) is 0 Å². The predicted molar refractivity (Wildman–Crippen MR) is 51.6 cm³/mol. The zero-order valence-electron chi connectivity index (χ0n) is 7.78. The van der Waals surface area contributed by atoms with Gasteiger partial charge in [-0.3, -0.25) is 9.89 Å². The summed E-state index contributed by atoms with van der Waals surface area (Å²) in [5.74, 6) is -0.288. The molecule has 0 aliphatic rings. The minimum Gasteiger partial charge on any atom is -0.459 e. The molecule has 0 spiro atoms. The highest BCUT2D eigenvalue weighted by atomic mass is 16.5. The second-order valence-electron chi connectivity index (χ2n) is 3.00. The Kier molecular flexibility index (Phi) is 2.18. The number of rotatable bonds is 2. The topological polar surface area (TPSA) is 55.0 Å². The van der Waals surface area contributed by atoms with Crippen molar-refractivity contribution in [2.75, 3.05) is 0 Å². The van der Waals surface area contributed by atoms with Crippen molar-refractivity contribution in [1.82, 2.24) is 10.2 Å². The summed E-state index contributed by atoms with van der Waals surface area (Å²) in [6.45, 7) is 1.63. The molecule has 0 fully saturated rings. The molecule has 0 aliphatic carbocycles. The molecule has 72 valence electrons. The monoisotopic (exact) mass is 190 g/mol. The van der Waals surface area contributed by atoms with E-state index in [-0.39, 0.29) is 12.6 Å². The van der Waals surface area contributed by atoms with Crippen LogP contribution in [-0.4, -0.2) is 16.2 Å². The van der Waals surface area contributed by atoms with Gasteiger partial charge in [0.25, 0.3) is 0 Å². The Morgan fingerprint density at radius 2 is 2.29 bits per heavy atom. The molecule has 0 aliphatic heterocycles. The maximum absolute atomic E-state index is 10.6. The number of nitrogens with zero attached hydrogens (tertiary/aromatic N) is 1. The van der Waals surface area contributed by atoms with Crippen LogP contribution in [0.4, 0.5) is 0 Å². The van der Waals surface area contributed by atoms with Crippen LogP contribution < -0.4 is 0 Å². The number of hydrogen-bond donors (Lipinski definition) is 1. The van der Waals surface area contributed by atoms with Crippen molar-refractivity contribution >= 4 is 16.9 Å². The summed E-state index contributed by atoms with van der Waals surface area (Å²) < 4.78 is 4.88. The third kappa shape index (κ3) is 1.59. The van der Waals surface area contributed by atoms with Gasteiger partial charge in [-0.15, -0.1) is 0 Å². The number of carbonyl (C=O) groups is 1. The summed E-state index contributed by atoms with van der Waals surface area (Å²) in [6, 6.07) is 7.69. The van der Waals surface area contributed by atoms with Gasteiger partial charge >= 0.3 is 5.97 Å². The Bertz CT molecular complexity index is 462. The zero-order chi connectivity index (χ0) is 9.97. The number of ether oxygens (including phenoxy) is 1. The maximum atomic E-state index is 10.6. The third-order valence-electron chi connectivity index (χ3n) is 1.96. The molecule has 4 nitrogen and oxygen atoms in total. The number of hydrogen-bond acceptors (Lipinski definition) is 3. The fraction of sp³-hybridized carbons (Fsp3) is 0.200. The van der Waals surface area contributed by atoms with E-state index < -0.39 is 0 Å². The summed E-state index contributed by atoms with van der Waals surface area (Å²) in [7, 11) is 0. The van der Waals surface area contributed by atoms with Crippen LogP contribution in [0.5, 0.6) is 0 Å². The number of fused-ring (bicyclic) bond motifs is 1. The first-order valence-corrected chi connectivity index (χ1v) is 4.33. The number of benzene rings is 1. The Morgan fingerprint density at radius 1 is 1.50 bits per heavy atom. The number of H-pyrrole nitrogens is 1. The highest BCUT2D eigenvalue weighted by molar-refractivity contribution is 5.81. The molecule has 1 heterocycles. The van der Waals surface area contributed by atoms with Gasteiger partial charge in [-0.2, -0.15) is 5.10 Å². The van der Waals surface area contributed by atoms with E-state index in [9.17, 15) is 4.79 Å². The van der Waals surface area contributed by atoms with E-state index in [4.69, 9.17) is 4.74 Å². The minimum atomic E-state index is -0.288. The highest BCUT2D eigenvalue weighted by Crippen LogP contribution is 2.15. The van der Waals surface area contributed by atoms with Crippen molar-refractivity contribution in [2.45, 2.75) is 13.5 Å². The lowest BCUT2D eigenvalue weighted by molar-refractivity contribution is -0.142. The van der Waals surface area contributed by atoms with E-state index in [1.807, 2.05) is 24.3 Å². The summed E-state index contributed by atoms with van der Waals surface area (Å²) in [5.41, 5.74) is 1.71. The molecular formula is C10H10N2O2. The van der Waals surface area contributed by atoms with Crippen molar-refractivity contribution < 1.29 is 9.53 Å². The maximum Gasteiger partial charge on any atom is 0.303 e. The molecule has 14 heavy (non-hydrogen) atoms. The quantitative estimate of drug-likeness (QED) is 0.732. The lowest BCUT2D eigenvalue weighted by Gasteiger charge is -1.98. The fourth-order valence-electron chi connectivity index (χ4n) is 1.30. The number of aromatic nitrogens is 2. The summed E-state index contributed by atoms with van der Waals surface area (Å²) in [6.07, 6.45) is 0. The van der Waals surface area contributed by atoms with Crippen LogP contribution in [0.2, 0.25) is 0 Å². The number of para-hydroxylation sites is 1. The third-order valence-corrected chi connectivity index (χ3v) is 1.96. The van der Waals surface area contributed by atoms with Gasteiger partial charge in [0, 0.05) is 12.3 Å². The Hall–Kier alpha value is -1.84. The molecule has 0 bridgehead atoms. The smallest absolute Gasteiger partial charge is 0.303 e. The molecular weight excluding hydrogens is 180 g/mol. The van der Waals surface area contributed by atoms with Gasteiger partial charge in [0.1, 0.15) is 6.61 Å². The van der Waals surface area contributed by atoms with Crippen LogP contribution in [0.25, 0.3) is 10.9 Å². The van der Waals surface area contributed by atoms with E-state index in [2.05, 4.69) is 10.2 Å². The Morgan fingerprint density at radius 3 is 3.07 bits per heavy atom. The lowest BCUT2D eigenvalue weighted by Crippen LogP contribution is -1.99. The van der Waals surface area contributed by atoms with Crippen molar-refractivity contribution in [3.63, 3.8) is 0 Å². The SMILES string of the molecule is CC(=O)OCc1[nH]nc2ccccc12. The normalized spacial score (nSPS) is 10.4. The summed E-state index contributed by atoms with van der Waals surface area (Å²) in [5, 5.41) is 7.92. The molecule has 1 aromatic heterocycles. The van der Waals surface area contributed by atoms with Gasteiger partial charge in [0.15, 0.2) is 0 Å². The zero-order valence-corrected chi connectivity index (χ0v) is 7.78. The molecule has 0 unspecified atom stereocenters. The largest absolute Gasteiger partial charge is 0.459 e. The van der Waals surface area contributed by atoms with Crippen molar-refractivity contribution in [1.29, 1.82) is 0 Å². The number of esters is 1. The number of carbonyl (C=O) groups excluding carboxylic acids is 1. The first-order valence-electron chi connectivity index (χ1n) is 4.33. The van der Waals surface area contributed by atoms with Gasteiger partial charge in [0.05, 0.1) is 11.2 Å². The summed E-state index contributed by atoms with van der Waals surface area (Å²) in [4.78, 5) is 10.6. The van der Waals surface area contributed by atoms with Crippen LogP contribution >= 0.6 is 0 Å². The van der Waals surface area contributed by atoms with Crippen molar-refractivity contribution in [2.24, 2.45) is 0 Å². The van der Waals surface area contributed by atoms with E-state index in [1.165, 1.54) is 6.92 Å². The van der Waals surface area contributed by atoms with E-state index >= 15 is 0 Å². The van der Waals surface area contributed by atoms with Gasteiger partial charge < -0.3 is 4.74 Å². The van der Waals surface area contributed by atoms with Gasteiger partial charge in [-0.1, -0.05) is 18.2 Å². The first kappa shape index (κ1) is 8.74. The second-order valence-corrected chi connectivity index (χ2v) is 3.00. The van der Waals surface area contributed by atoms with Gasteiger partial charge in [0.2, 0.25) is 0 Å². The molecule has 0 atom stereocenters. The summed E-state index contributed by atoms with van der Waals surface area (Å²) >= 11 is 0. The predicted octanol–water partition coefficient (Wildman–Crippen LogP) is 1.63. The fourth-order valence-corrected chi connectivity index (χ4v) is 1.30. The average molecular weight is 190 g/mol. The number of nitrogens with one attached hydrogen (secondary N) is 1. The molecule has 0 saturated heterocycles. The van der Waals surface area contributed by atoms with Gasteiger partial charge in [-0.25, -0.2) is 0 Å². The molecule has 0 amide bonds. The Labute approximate surface area is 80.9 Å². The number of aromatic amines is 1. The van der Waals surface area contributed by atoms with Crippen molar-refractivity contribution in [3.8, 4) is 0 Å². The van der Waals surface area contributed by atoms with Crippen LogP contribution in [0.15, 0.2) is 24.3 Å². The average Bonchev–Trinajstić information content (AvgIpc) is 2.58. The van der Waals surface area contributed by atoms with Crippen LogP contribution in [0.1, 0.15) is 12.6 Å². The van der Waals surface area contributed by atoms with E-state index in [0.717, 1.165) is 16.6 Å². The molecule has 2 aromatic rings. The molecule has 0 saturated carbocycles. The molecule has 1 N–H and O–H groups in total. The molecule has 2 rings (SSSR count). The van der Waals surface area contributed by atoms with Crippen LogP contribution in [0, 0.1) is 0 Å². The van der Waals surface area contributed by atoms with E-state index in [0.29, 0.717) is 0 Å². The first-order chi connectivity index (χ1) is 6.77. The Balaban J connectivity index is 2.29. The molecule has 1 aromatic carbocycles. The van der Waals surface area contributed by atoms with Crippen LogP contribution in [-0.2, 0) is 16.1 Å².